The van der Waals surface area contributed by atoms with Gasteiger partial charge < -0.3 is 19.5 Å². The normalized spacial score (nSPS) is 13.8. The maximum absolute atomic E-state index is 12.5. The standard InChI is InChI=1S/C26H28N6O3/c1-20(33)29-24-8-6-23(7-9-24)18-35-26(34)31-12-10-30(11-13-31)17-25-15-28-19-32(25)16-22-4-2-21(14-27)3-5-22/h2-9,15,19H,10-13,16-18H2,1H3,(H,29,33). The number of benzene rings is 2. The average molecular weight is 473 g/mol. The molecule has 35 heavy (non-hydrogen) atoms. The van der Waals surface area contributed by atoms with E-state index in [1.165, 1.54) is 6.92 Å². The summed E-state index contributed by atoms with van der Waals surface area (Å²) in [5.74, 6) is -0.126. The van der Waals surface area contributed by atoms with Crippen LogP contribution < -0.4 is 5.32 Å². The quantitative estimate of drug-likeness (QED) is 0.566. The van der Waals surface area contributed by atoms with Crippen LogP contribution in [0.4, 0.5) is 10.5 Å². The molecular weight excluding hydrogens is 444 g/mol. The van der Waals surface area contributed by atoms with E-state index in [-0.39, 0.29) is 18.6 Å². The van der Waals surface area contributed by atoms with Crippen LogP contribution in [0.3, 0.4) is 0 Å². The molecule has 180 valence electrons. The van der Waals surface area contributed by atoms with Crippen LogP contribution in [0.25, 0.3) is 0 Å². The zero-order chi connectivity index (χ0) is 24.6. The number of aromatic nitrogens is 2. The number of carbonyl (C=O) groups is 2. The van der Waals surface area contributed by atoms with Gasteiger partial charge in [-0.2, -0.15) is 5.26 Å². The van der Waals surface area contributed by atoms with Crippen LogP contribution in [-0.2, 0) is 29.2 Å². The van der Waals surface area contributed by atoms with Crippen molar-refractivity contribution in [1.82, 2.24) is 19.4 Å². The van der Waals surface area contributed by atoms with Gasteiger partial charge in [-0.05, 0) is 35.4 Å². The predicted molar refractivity (Wildman–Crippen MR) is 130 cm³/mol. The van der Waals surface area contributed by atoms with Crippen molar-refractivity contribution < 1.29 is 14.3 Å². The highest BCUT2D eigenvalue weighted by molar-refractivity contribution is 5.88. The number of hydrogen-bond donors (Lipinski definition) is 1. The summed E-state index contributed by atoms with van der Waals surface area (Å²) in [4.78, 5) is 32.0. The number of nitrogens with one attached hydrogen (secondary N) is 1. The largest absolute Gasteiger partial charge is 0.445 e. The van der Waals surface area contributed by atoms with Gasteiger partial charge in [0.15, 0.2) is 0 Å². The molecule has 0 saturated carbocycles. The minimum atomic E-state index is -0.318. The molecule has 9 heteroatoms. The second-order valence-corrected chi connectivity index (χ2v) is 8.52. The number of carbonyl (C=O) groups excluding carboxylic acids is 2. The summed E-state index contributed by atoms with van der Waals surface area (Å²) in [6, 6.07) is 16.9. The van der Waals surface area contributed by atoms with Crippen molar-refractivity contribution >= 4 is 17.7 Å². The lowest BCUT2D eigenvalue weighted by molar-refractivity contribution is -0.114. The van der Waals surface area contributed by atoms with Crippen LogP contribution in [0.2, 0.25) is 0 Å². The second-order valence-electron chi connectivity index (χ2n) is 8.52. The Hall–Kier alpha value is -4.16. The van der Waals surface area contributed by atoms with Crippen molar-refractivity contribution in [3.05, 3.63) is 83.4 Å². The molecule has 3 aromatic rings. The molecule has 0 radical (unpaired) electrons. The highest BCUT2D eigenvalue weighted by atomic mass is 16.6. The second kappa shape index (κ2) is 11.3. The topological polar surface area (TPSA) is 103 Å². The third kappa shape index (κ3) is 6.68. The number of amides is 2. The zero-order valence-corrected chi connectivity index (χ0v) is 19.7. The summed E-state index contributed by atoms with van der Waals surface area (Å²) < 4.78 is 7.59. The Morgan fingerprint density at radius 3 is 2.34 bits per heavy atom. The van der Waals surface area contributed by atoms with Crippen molar-refractivity contribution in [3.8, 4) is 6.07 Å². The van der Waals surface area contributed by atoms with Gasteiger partial charge in [0, 0.05) is 58.1 Å². The highest BCUT2D eigenvalue weighted by Gasteiger charge is 2.23. The van der Waals surface area contributed by atoms with Gasteiger partial charge in [-0.3, -0.25) is 9.69 Å². The third-order valence-electron chi connectivity index (χ3n) is 5.89. The first-order chi connectivity index (χ1) is 17.0. The molecule has 2 amide bonds. The maximum atomic E-state index is 12.5. The summed E-state index contributed by atoms with van der Waals surface area (Å²) >= 11 is 0. The van der Waals surface area contributed by atoms with Gasteiger partial charge in [-0.15, -0.1) is 0 Å². The molecule has 1 aliphatic heterocycles. The molecule has 1 N–H and O–H groups in total. The van der Waals surface area contributed by atoms with E-state index in [4.69, 9.17) is 10.00 Å². The monoisotopic (exact) mass is 472 g/mol. The van der Waals surface area contributed by atoms with Gasteiger partial charge in [0.2, 0.25) is 5.91 Å². The van der Waals surface area contributed by atoms with Crippen molar-refractivity contribution in [1.29, 1.82) is 5.26 Å². The molecule has 2 aromatic carbocycles. The first-order valence-electron chi connectivity index (χ1n) is 11.5. The molecule has 9 nitrogen and oxygen atoms in total. The van der Waals surface area contributed by atoms with Crippen LogP contribution in [0.5, 0.6) is 0 Å². The van der Waals surface area contributed by atoms with Crippen LogP contribution in [0, 0.1) is 11.3 Å². The fourth-order valence-electron chi connectivity index (χ4n) is 3.95. The highest BCUT2D eigenvalue weighted by Crippen LogP contribution is 2.14. The van der Waals surface area contributed by atoms with E-state index >= 15 is 0 Å². The molecule has 0 bridgehead atoms. The lowest BCUT2D eigenvalue weighted by Crippen LogP contribution is -2.48. The van der Waals surface area contributed by atoms with E-state index in [9.17, 15) is 9.59 Å². The summed E-state index contributed by atoms with van der Waals surface area (Å²) in [6.07, 6.45) is 3.38. The Balaban J connectivity index is 1.22. The lowest BCUT2D eigenvalue weighted by Gasteiger charge is -2.34. The van der Waals surface area contributed by atoms with Crippen molar-refractivity contribution in [3.63, 3.8) is 0 Å². The van der Waals surface area contributed by atoms with E-state index in [0.717, 1.165) is 36.5 Å². The van der Waals surface area contributed by atoms with Crippen LogP contribution in [-0.4, -0.2) is 57.5 Å². The number of anilines is 1. The van der Waals surface area contributed by atoms with Gasteiger partial charge in [0.1, 0.15) is 6.61 Å². The van der Waals surface area contributed by atoms with Crippen LogP contribution in [0.1, 0.15) is 29.3 Å². The van der Waals surface area contributed by atoms with Gasteiger partial charge in [-0.1, -0.05) is 24.3 Å². The minimum Gasteiger partial charge on any atom is -0.445 e. The molecule has 4 rings (SSSR count). The SMILES string of the molecule is CC(=O)Nc1ccc(COC(=O)N2CCN(Cc3cncn3Cc3ccc(C#N)cc3)CC2)cc1. The minimum absolute atomic E-state index is 0.126. The summed E-state index contributed by atoms with van der Waals surface area (Å²) in [5.41, 5.74) is 4.44. The van der Waals surface area contributed by atoms with Gasteiger partial charge in [0.25, 0.3) is 0 Å². The zero-order valence-electron chi connectivity index (χ0n) is 19.7. The first-order valence-corrected chi connectivity index (χ1v) is 11.5. The number of imidazole rings is 1. The van der Waals surface area contributed by atoms with Crippen molar-refractivity contribution in [2.24, 2.45) is 0 Å². The lowest BCUT2D eigenvalue weighted by atomic mass is 10.1. The van der Waals surface area contributed by atoms with E-state index < -0.39 is 0 Å². The Bertz CT molecular complexity index is 1190. The summed E-state index contributed by atoms with van der Waals surface area (Å²) in [5, 5.41) is 11.7. The number of piperazine rings is 1. The molecule has 1 aliphatic rings. The maximum Gasteiger partial charge on any atom is 0.410 e. The number of rotatable bonds is 7. The number of nitriles is 1. The number of hydrogen-bond acceptors (Lipinski definition) is 6. The third-order valence-corrected chi connectivity index (χ3v) is 5.89. The molecule has 0 spiro atoms. The summed E-state index contributed by atoms with van der Waals surface area (Å²) in [7, 11) is 0. The Morgan fingerprint density at radius 1 is 1.00 bits per heavy atom. The Labute approximate surface area is 204 Å². The first kappa shape index (κ1) is 24.0. The van der Waals surface area contributed by atoms with Crippen molar-refractivity contribution in [2.45, 2.75) is 26.6 Å². The van der Waals surface area contributed by atoms with E-state index in [1.54, 1.807) is 17.0 Å². The summed E-state index contributed by atoms with van der Waals surface area (Å²) in [6.45, 7) is 5.80. The van der Waals surface area contributed by atoms with E-state index in [1.807, 2.05) is 48.9 Å². The van der Waals surface area contributed by atoms with E-state index in [0.29, 0.717) is 30.9 Å². The fraction of sp³-hybridized carbons (Fsp3) is 0.308. The molecule has 0 aliphatic carbocycles. The number of ether oxygens (including phenoxy) is 1. The molecule has 1 saturated heterocycles. The predicted octanol–water partition coefficient (Wildman–Crippen LogP) is 3.22. The fourth-order valence-corrected chi connectivity index (χ4v) is 3.95. The average Bonchev–Trinajstić information content (AvgIpc) is 3.30. The molecule has 0 atom stereocenters. The molecule has 0 unspecified atom stereocenters. The van der Waals surface area contributed by atoms with Crippen LogP contribution >= 0.6 is 0 Å². The van der Waals surface area contributed by atoms with E-state index in [2.05, 4.69) is 25.8 Å². The van der Waals surface area contributed by atoms with Gasteiger partial charge in [-0.25, -0.2) is 9.78 Å². The van der Waals surface area contributed by atoms with Gasteiger partial charge in [0.05, 0.1) is 23.7 Å². The van der Waals surface area contributed by atoms with Crippen LogP contribution in [0.15, 0.2) is 61.1 Å². The Morgan fingerprint density at radius 2 is 1.69 bits per heavy atom. The molecular formula is C26H28N6O3. The van der Waals surface area contributed by atoms with Gasteiger partial charge >= 0.3 is 6.09 Å². The van der Waals surface area contributed by atoms with Crippen molar-refractivity contribution in [2.75, 3.05) is 31.5 Å². The molecule has 2 heterocycles. The Kier molecular flexibility index (Phi) is 7.75. The molecule has 1 aromatic heterocycles. The smallest absolute Gasteiger partial charge is 0.410 e. The molecule has 1 fully saturated rings. The number of nitrogens with zero attached hydrogens (tertiary/aromatic N) is 5.